The van der Waals surface area contributed by atoms with Gasteiger partial charge in [-0.15, -0.1) is 10.2 Å². The fraction of sp³-hybridized carbons (Fsp3) is 0.241. The molecule has 1 aliphatic rings. The Morgan fingerprint density at radius 1 is 0.917 bits per heavy atom. The number of piperidine rings is 1. The number of amides is 2. The van der Waals surface area contributed by atoms with Crippen LogP contribution >= 0.6 is 0 Å². The first kappa shape index (κ1) is 23.5. The zero-order chi connectivity index (χ0) is 25.0. The van der Waals surface area contributed by atoms with Gasteiger partial charge in [-0.25, -0.2) is 0 Å². The van der Waals surface area contributed by atoms with Crippen LogP contribution in [-0.4, -0.2) is 40.0 Å². The van der Waals surface area contributed by atoms with Crippen molar-refractivity contribution >= 4 is 11.8 Å². The van der Waals surface area contributed by atoms with E-state index in [2.05, 4.69) is 15.5 Å². The Hall–Kier alpha value is -4.26. The average Bonchev–Trinajstić information content (AvgIpc) is 3.49. The molecule has 1 saturated heterocycles. The Kier molecular flexibility index (Phi) is 6.62. The van der Waals surface area contributed by atoms with Gasteiger partial charge in [0.15, 0.2) is 0 Å². The predicted octanol–water partition coefficient (Wildman–Crippen LogP) is 4.79. The van der Waals surface area contributed by atoms with Crippen LogP contribution in [0.3, 0.4) is 0 Å². The number of benzene rings is 3. The molecule has 7 heteroatoms. The molecule has 1 fully saturated rings. The summed E-state index contributed by atoms with van der Waals surface area (Å²) in [5.74, 6) is 0.364. The molecule has 0 bridgehead atoms. The number of likely N-dealkylation sites (tertiary alicyclic amines) is 1. The molecule has 1 aromatic heterocycles. The maximum absolute atomic E-state index is 13.8. The van der Waals surface area contributed by atoms with E-state index in [0.29, 0.717) is 37.4 Å². The first-order valence-corrected chi connectivity index (χ1v) is 12.1. The van der Waals surface area contributed by atoms with Gasteiger partial charge in [-0.05, 0) is 55.2 Å². The monoisotopic (exact) mass is 480 g/mol. The second-order valence-electron chi connectivity index (χ2n) is 9.17. The minimum Gasteiger partial charge on any atom is -0.423 e. The molecule has 3 aromatic carbocycles. The van der Waals surface area contributed by atoms with Gasteiger partial charge in [-0.3, -0.25) is 9.59 Å². The molecule has 36 heavy (non-hydrogen) atoms. The molecule has 0 saturated carbocycles. The molecule has 1 aliphatic heterocycles. The van der Waals surface area contributed by atoms with E-state index in [1.165, 1.54) is 6.39 Å². The van der Waals surface area contributed by atoms with Crippen LogP contribution in [0.2, 0.25) is 0 Å². The Morgan fingerprint density at radius 3 is 2.17 bits per heavy atom. The third-order valence-corrected chi connectivity index (χ3v) is 7.05. The third-order valence-electron chi connectivity index (χ3n) is 7.05. The SMILES string of the molecule is C[C@H](NC(=O)C1(c2ccccc2)CCN(C(=O)c2ccc(-c3nnco3)cc2)CC1)c1ccccc1. The lowest BCUT2D eigenvalue weighted by Gasteiger charge is -2.41. The number of hydrogen-bond acceptors (Lipinski definition) is 5. The summed E-state index contributed by atoms with van der Waals surface area (Å²) in [5.41, 5.74) is 2.70. The van der Waals surface area contributed by atoms with Gasteiger partial charge in [-0.2, -0.15) is 0 Å². The van der Waals surface area contributed by atoms with Crippen LogP contribution in [-0.2, 0) is 10.2 Å². The zero-order valence-corrected chi connectivity index (χ0v) is 20.1. The van der Waals surface area contributed by atoms with Crippen molar-refractivity contribution in [2.75, 3.05) is 13.1 Å². The van der Waals surface area contributed by atoms with Crippen LogP contribution in [0.4, 0.5) is 0 Å². The minimum atomic E-state index is -0.692. The summed E-state index contributed by atoms with van der Waals surface area (Å²) in [6, 6.07) is 26.9. The number of aromatic nitrogens is 2. The van der Waals surface area contributed by atoms with Crippen LogP contribution in [0.25, 0.3) is 11.5 Å². The van der Waals surface area contributed by atoms with E-state index in [1.54, 1.807) is 24.3 Å². The number of nitrogens with zero attached hydrogens (tertiary/aromatic N) is 3. The van der Waals surface area contributed by atoms with Gasteiger partial charge in [0.25, 0.3) is 5.91 Å². The normalized spacial score (nSPS) is 15.8. The van der Waals surface area contributed by atoms with E-state index in [-0.39, 0.29) is 17.9 Å². The van der Waals surface area contributed by atoms with Gasteiger partial charge in [0.05, 0.1) is 11.5 Å². The highest BCUT2D eigenvalue weighted by Crippen LogP contribution is 2.37. The Bertz CT molecular complexity index is 1300. The summed E-state index contributed by atoms with van der Waals surface area (Å²) in [5, 5.41) is 10.8. The molecule has 5 rings (SSSR count). The van der Waals surface area contributed by atoms with E-state index in [1.807, 2.05) is 72.5 Å². The third kappa shape index (κ3) is 4.64. The molecule has 0 radical (unpaired) electrons. The van der Waals surface area contributed by atoms with Crippen molar-refractivity contribution in [3.05, 3.63) is 108 Å². The second kappa shape index (κ2) is 10.2. The number of hydrogen-bond donors (Lipinski definition) is 1. The summed E-state index contributed by atoms with van der Waals surface area (Å²) in [6.45, 7) is 2.99. The summed E-state index contributed by atoms with van der Waals surface area (Å²) < 4.78 is 5.22. The molecule has 0 aliphatic carbocycles. The van der Waals surface area contributed by atoms with Crippen LogP contribution < -0.4 is 5.32 Å². The van der Waals surface area contributed by atoms with Gasteiger partial charge in [0.1, 0.15) is 0 Å². The highest BCUT2D eigenvalue weighted by Gasteiger charge is 2.44. The Morgan fingerprint density at radius 2 is 1.56 bits per heavy atom. The van der Waals surface area contributed by atoms with Crippen molar-refractivity contribution in [1.82, 2.24) is 20.4 Å². The quantitative estimate of drug-likeness (QED) is 0.429. The molecule has 4 aromatic rings. The predicted molar refractivity (Wildman–Crippen MR) is 136 cm³/mol. The summed E-state index contributed by atoms with van der Waals surface area (Å²) in [7, 11) is 0. The molecule has 1 atom stereocenters. The second-order valence-corrected chi connectivity index (χ2v) is 9.17. The lowest BCUT2D eigenvalue weighted by atomic mass is 9.71. The molecule has 7 nitrogen and oxygen atoms in total. The van der Waals surface area contributed by atoms with Gasteiger partial charge in [0, 0.05) is 24.2 Å². The van der Waals surface area contributed by atoms with E-state index < -0.39 is 5.41 Å². The van der Waals surface area contributed by atoms with Gasteiger partial charge >= 0.3 is 0 Å². The summed E-state index contributed by atoms with van der Waals surface area (Å²) in [6.07, 6.45) is 2.38. The maximum Gasteiger partial charge on any atom is 0.253 e. The zero-order valence-electron chi connectivity index (χ0n) is 20.1. The van der Waals surface area contributed by atoms with Crippen LogP contribution in [0.15, 0.2) is 95.7 Å². The van der Waals surface area contributed by atoms with Crippen LogP contribution in [0.5, 0.6) is 0 Å². The smallest absolute Gasteiger partial charge is 0.253 e. The molecule has 1 N–H and O–H groups in total. The number of nitrogens with one attached hydrogen (secondary N) is 1. The molecular formula is C29H28N4O3. The molecule has 0 unspecified atom stereocenters. The fourth-order valence-corrected chi connectivity index (χ4v) is 4.89. The van der Waals surface area contributed by atoms with Crippen LogP contribution in [0.1, 0.15) is 47.3 Å². The first-order valence-electron chi connectivity index (χ1n) is 12.1. The lowest BCUT2D eigenvalue weighted by molar-refractivity contribution is -0.129. The average molecular weight is 481 g/mol. The van der Waals surface area contributed by atoms with E-state index in [4.69, 9.17) is 4.42 Å². The maximum atomic E-state index is 13.8. The standard InChI is InChI=1S/C29H28N4O3/c1-21(22-8-4-2-5-9-22)31-28(35)29(25-10-6-3-7-11-25)16-18-33(19-17-29)27(34)24-14-12-23(13-15-24)26-32-30-20-36-26/h2-15,20-21H,16-19H2,1H3,(H,31,35)/t21-/m0/s1. The number of carbonyl (C=O) groups is 2. The van der Waals surface area contributed by atoms with Crippen molar-refractivity contribution < 1.29 is 14.0 Å². The molecule has 0 spiro atoms. The number of rotatable bonds is 6. The van der Waals surface area contributed by atoms with Gasteiger partial charge in [0.2, 0.25) is 18.2 Å². The lowest BCUT2D eigenvalue weighted by Crippen LogP contribution is -2.53. The highest BCUT2D eigenvalue weighted by atomic mass is 16.4. The van der Waals surface area contributed by atoms with E-state index in [0.717, 1.165) is 16.7 Å². The van der Waals surface area contributed by atoms with Crippen molar-refractivity contribution in [3.63, 3.8) is 0 Å². The first-order chi connectivity index (χ1) is 17.6. The minimum absolute atomic E-state index is 0.000984. The summed E-state index contributed by atoms with van der Waals surface area (Å²) in [4.78, 5) is 28.8. The number of carbonyl (C=O) groups excluding carboxylic acids is 2. The Balaban J connectivity index is 1.32. The van der Waals surface area contributed by atoms with Gasteiger partial charge in [-0.1, -0.05) is 60.7 Å². The topological polar surface area (TPSA) is 88.3 Å². The van der Waals surface area contributed by atoms with Crippen molar-refractivity contribution in [1.29, 1.82) is 0 Å². The molecular weight excluding hydrogens is 452 g/mol. The Labute approximate surface area is 210 Å². The van der Waals surface area contributed by atoms with E-state index >= 15 is 0 Å². The van der Waals surface area contributed by atoms with E-state index in [9.17, 15) is 9.59 Å². The largest absolute Gasteiger partial charge is 0.423 e. The van der Waals surface area contributed by atoms with Crippen LogP contribution in [0, 0.1) is 0 Å². The highest BCUT2D eigenvalue weighted by molar-refractivity contribution is 5.95. The van der Waals surface area contributed by atoms with Crippen molar-refractivity contribution in [2.45, 2.75) is 31.2 Å². The molecule has 2 heterocycles. The van der Waals surface area contributed by atoms with Gasteiger partial charge < -0.3 is 14.6 Å². The molecule has 182 valence electrons. The van der Waals surface area contributed by atoms with Crippen molar-refractivity contribution in [2.24, 2.45) is 0 Å². The summed E-state index contributed by atoms with van der Waals surface area (Å²) >= 11 is 0. The fourth-order valence-electron chi connectivity index (χ4n) is 4.89. The van der Waals surface area contributed by atoms with Crippen molar-refractivity contribution in [3.8, 4) is 11.5 Å². The molecule has 2 amide bonds.